The van der Waals surface area contributed by atoms with Gasteiger partial charge in [-0.2, -0.15) is 0 Å². The minimum Gasteiger partial charge on any atom is -0.506 e. The molecule has 0 fully saturated rings. The van der Waals surface area contributed by atoms with Crippen molar-refractivity contribution in [3.8, 4) is 5.75 Å². The maximum atomic E-state index is 11.2. The molecule has 0 atom stereocenters. The Kier molecular flexibility index (Phi) is 2.42. The molecule has 82 valence electrons. The number of para-hydroxylation sites is 1. The first-order valence-electron chi connectivity index (χ1n) is 4.44. The number of rotatable bonds is 2. The Hall–Kier alpha value is -2.57. The first-order chi connectivity index (χ1) is 7.68. The second-order valence-corrected chi connectivity index (χ2v) is 3.03. The number of aromatic amines is 2. The van der Waals surface area contributed by atoms with Gasteiger partial charge in [0.25, 0.3) is 5.56 Å². The van der Waals surface area contributed by atoms with Crippen molar-refractivity contribution in [1.29, 1.82) is 0 Å². The van der Waals surface area contributed by atoms with Gasteiger partial charge in [-0.25, -0.2) is 0 Å². The van der Waals surface area contributed by atoms with E-state index in [0.717, 1.165) is 0 Å². The minimum atomic E-state index is -0.461. The Morgan fingerprint density at radius 2 is 1.94 bits per heavy atom. The third-order valence-electron chi connectivity index (χ3n) is 1.92. The Morgan fingerprint density at radius 3 is 2.56 bits per heavy atom. The van der Waals surface area contributed by atoms with Crippen LogP contribution >= 0.6 is 0 Å². The summed E-state index contributed by atoms with van der Waals surface area (Å²) in [5, 5.41) is 21.5. The fraction of sp³-hybridized carbons (Fsp3) is 0. The van der Waals surface area contributed by atoms with Crippen LogP contribution in [0.4, 0.5) is 17.2 Å². The second kappa shape index (κ2) is 3.89. The van der Waals surface area contributed by atoms with Crippen molar-refractivity contribution in [2.24, 2.45) is 10.2 Å². The summed E-state index contributed by atoms with van der Waals surface area (Å²) in [4.78, 5) is 11.2. The number of aromatic hydroxyl groups is 1. The Labute approximate surface area is 89.6 Å². The zero-order valence-electron chi connectivity index (χ0n) is 8.14. The number of H-pyrrole nitrogens is 2. The molecule has 1 heterocycles. The number of phenolic OH excluding ortho intramolecular Hbond substituents is 1. The van der Waals surface area contributed by atoms with Crippen LogP contribution in [0, 0.1) is 0 Å². The molecule has 5 N–H and O–H groups in total. The number of hydrogen-bond donors (Lipinski definition) is 4. The van der Waals surface area contributed by atoms with Crippen LogP contribution in [0.2, 0.25) is 0 Å². The Morgan fingerprint density at radius 1 is 1.19 bits per heavy atom. The summed E-state index contributed by atoms with van der Waals surface area (Å²) in [5.41, 5.74) is 5.23. The Bertz CT molecular complexity index is 584. The summed E-state index contributed by atoms with van der Waals surface area (Å²) in [6.07, 6.45) is 0. The van der Waals surface area contributed by atoms with E-state index in [1.165, 1.54) is 6.07 Å². The van der Waals surface area contributed by atoms with Crippen LogP contribution in [-0.4, -0.2) is 15.3 Å². The molecule has 7 nitrogen and oxygen atoms in total. The predicted octanol–water partition coefficient (Wildman–Crippen LogP) is 1.41. The average molecular weight is 219 g/mol. The molecule has 0 saturated carbocycles. The maximum Gasteiger partial charge on any atom is 0.293 e. The van der Waals surface area contributed by atoms with Crippen LogP contribution < -0.4 is 11.3 Å². The lowest BCUT2D eigenvalue weighted by atomic mass is 10.3. The summed E-state index contributed by atoms with van der Waals surface area (Å²) < 4.78 is 0. The van der Waals surface area contributed by atoms with Gasteiger partial charge in [-0.05, 0) is 12.1 Å². The number of nitrogen functional groups attached to an aromatic ring is 1. The van der Waals surface area contributed by atoms with E-state index in [1.54, 1.807) is 18.2 Å². The lowest BCUT2D eigenvalue weighted by Crippen LogP contribution is -1.96. The van der Waals surface area contributed by atoms with E-state index in [0.29, 0.717) is 0 Å². The topological polar surface area (TPSA) is 120 Å². The molecule has 0 bridgehead atoms. The van der Waals surface area contributed by atoms with E-state index < -0.39 is 5.56 Å². The van der Waals surface area contributed by atoms with Crippen molar-refractivity contribution in [3.63, 3.8) is 0 Å². The number of nitrogens with zero attached hydrogens (tertiary/aromatic N) is 2. The van der Waals surface area contributed by atoms with E-state index >= 15 is 0 Å². The largest absolute Gasteiger partial charge is 0.506 e. The highest BCUT2D eigenvalue weighted by Crippen LogP contribution is 2.27. The van der Waals surface area contributed by atoms with Crippen molar-refractivity contribution in [2.45, 2.75) is 0 Å². The molecule has 0 aliphatic heterocycles. The number of phenols is 1. The standard InChI is InChI=1S/C9H9N5O2/c10-8-7(9(16)14-13-8)12-11-5-3-1-2-4-6(5)15/h1-4,15H,(H4,10,13,14,16). The van der Waals surface area contributed by atoms with Crippen LogP contribution in [0.3, 0.4) is 0 Å². The molecule has 0 spiro atoms. The van der Waals surface area contributed by atoms with Crippen molar-refractivity contribution in [2.75, 3.05) is 5.73 Å². The van der Waals surface area contributed by atoms with Crippen LogP contribution in [0.25, 0.3) is 0 Å². The number of aromatic nitrogens is 2. The highest BCUT2D eigenvalue weighted by Gasteiger charge is 2.05. The van der Waals surface area contributed by atoms with E-state index in [2.05, 4.69) is 20.4 Å². The predicted molar refractivity (Wildman–Crippen MR) is 58.1 cm³/mol. The van der Waals surface area contributed by atoms with Gasteiger partial charge < -0.3 is 10.8 Å². The molecule has 2 rings (SSSR count). The lowest BCUT2D eigenvalue weighted by molar-refractivity contribution is 0.476. The van der Waals surface area contributed by atoms with Crippen molar-refractivity contribution in [3.05, 3.63) is 34.6 Å². The average Bonchev–Trinajstić information content (AvgIpc) is 2.58. The summed E-state index contributed by atoms with van der Waals surface area (Å²) in [6.45, 7) is 0. The molecule has 2 aromatic rings. The first kappa shape index (κ1) is 9.97. The smallest absolute Gasteiger partial charge is 0.293 e. The Balaban J connectivity index is 2.36. The lowest BCUT2D eigenvalue weighted by Gasteiger charge is -1.94. The molecule has 0 aliphatic rings. The fourth-order valence-electron chi connectivity index (χ4n) is 1.12. The number of benzene rings is 1. The number of anilines is 1. The minimum absolute atomic E-state index is 0.0109. The summed E-state index contributed by atoms with van der Waals surface area (Å²) in [6, 6.07) is 6.39. The van der Waals surface area contributed by atoms with Gasteiger partial charge in [0.2, 0.25) is 0 Å². The fourth-order valence-corrected chi connectivity index (χ4v) is 1.12. The first-order valence-corrected chi connectivity index (χ1v) is 4.44. The molecular formula is C9H9N5O2. The van der Waals surface area contributed by atoms with Gasteiger partial charge in [-0.15, -0.1) is 10.2 Å². The summed E-state index contributed by atoms with van der Waals surface area (Å²) in [7, 11) is 0. The highest BCUT2D eigenvalue weighted by atomic mass is 16.3. The molecule has 0 amide bonds. The van der Waals surface area contributed by atoms with E-state index in [1.807, 2.05) is 0 Å². The zero-order valence-corrected chi connectivity index (χ0v) is 8.14. The van der Waals surface area contributed by atoms with Crippen LogP contribution in [0.15, 0.2) is 39.3 Å². The van der Waals surface area contributed by atoms with Crippen LogP contribution in [0.1, 0.15) is 0 Å². The summed E-state index contributed by atoms with van der Waals surface area (Å²) in [5.74, 6) is 0.0842. The normalized spacial score (nSPS) is 11.0. The van der Waals surface area contributed by atoms with Gasteiger partial charge in [0.15, 0.2) is 5.69 Å². The van der Waals surface area contributed by atoms with Gasteiger partial charge in [-0.1, -0.05) is 12.1 Å². The monoisotopic (exact) mass is 219 g/mol. The molecule has 7 heteroatoms. The number of nitrogens with one attached hydrogen (secondary N) is 2. The molecule has 1 aromatic heterocycles. The van der Waals surface area contributed by atoms with Crippen LogP contribution in [-0.2, 0) is 0 Å². The van der Waals surface area contributed by atoms with Gasteiger partial charge in [-0.3, -0.25) is 15.0 Å². The highest BCUT2D eigenvalue weighted by molar-refractivity contribution is 5.56. The third kappa shape index (κ3) is 1.78. The number of hydrogen-bond acceptors (Lipinski definition) is 5. The van der Waals surface area contributed by atoms with E-state index in [9.17, 15) is 9.90 Å². The summed E-state index contributed by atoms with van der Waals surface area (Å²) >= 11 is 0. The second-order valence-electron chi connectivity index (χ2n) is 3.03. The van der Waals surface area contributed by atoms with Gasteiger partial charge in [0, 0.05) is 0 Å². The van der Waals surface area contributed by atoms with Crippen molar-refractivity contribution in [1.82, 2.24) is 10.2 Å². The number of nitrogens with two attached hydrogens (primary N) is 1. The number of azo groups is 1. The van der Waals surface area contributed by atoms with Crippen molar-refractivity contribution < 1.29 is 5.11 Å². The quantitative estimate of drug-likeness (QED) is 0.571. The van der Waals surface area contributed by atoms with Gasteiger partial charge in [0.1, 0.15) is 17.3 Å². The van der Waals surface area contributed by atoms with E-state index in [4.69, 9.17) is 5.73 Å². The molecule has 16 heavy (non-hydrogen) atoms. The van der Waals surface area contributed by atoms with E-state index in [-0.39, 0.29) is 22.9 Å². The van der Waals surface area contributed by atoms with Crippen molar-refractivity contribution >= 4 is 17.2 Å². The molecular weight excluding hydrogens is 210 g/mol. The molecule has 0 unspecified atom stereocenters. The van der Waals surface area contributed by atoms with Crippen LogP contribution in [0.5, 0.6) is 5.75 Å². The molecule has 0 saturated heterocycles. The van der Waals surface area contributed by atoms with Gasteiger partial charge in [0.05, 0.1) is 0 Å². The molecule has 0 aliphatic carbocycles. The molecule has 0 radical (unpaired) electrons. The SMILES string of the molecule is Nc1[nH][nH]c(=O)c1N=Nc1ccccc1O. The third-order valence-corrected chi connectivity index (χ3v) is 1.92. The molecule has 1 aromatic carbocycles. The zero-order chi connectivity index (χ0) is 11.5. The van der Waals surface area contributed by atoms with Gasteiger partial charge >= 0.3 is 0 Å². The maximum absolute atomic E-state index is 11.2.